The minimum Gasteiger partial charge on any atom is -0.398 e. The summed E-state index contributed by atoms with van der Waals surface area (Å²) in [6.07, 6.45) is 3.19. The van der Waals surface area contributed by atoms with Crippen molar-refractivity contribution in [3.8, 4) is 0 Å². The van der Waals surface area contributed by atoms with Gasteiger partial charge in [0, 0.05) is 19.3 Å². The average Bonchev–Trinajstić information content (AvgIpc) is 3.19. The van der Waals surface area contributed by atoms with Crippen LogP contribution < -0.4 is 4.90 Å². The highest BCUT2D eigenvalue weighted by Gasteiger charge is 2.36. The van der Waals surface area contributed by atoms with Gasteiger partial charge in [-0.1, -0.05) is 17.3 Å². The van der Waals surface area contributed by atoms with Crippen molar-refractivity contribution < 1.29 is 14.7 Å². The Morgan fingerprint density at radius 2 is 2.04 bits per heavy atom. The number of fused-ring (bicyclic) bond motifs is 2. The number of aromatic nitrogens is 3. The number of aryl methyl sites for hydroxylation is 1. The molecule has 3 heterocycles. The number of nitrogens with zero attached hydrogens (tertiary/aromatic N) is 5. The number of para-hydroxylation sites is 2. The van der Waals surface area contributed by atoms with Crippen molar-refractivity contribution in [2.45, 2.75) is 25.9 Å². The third kappa shape index (κ3) is 3.11. The highest BCUT2D eigenvalue weighted by atomic mass is 16.6. The van der Waals surface area contributed by atoms with Crippen LogP contribution in [-0.4, -0.2) is 45.0 Å². The predicted molar refractivity (Wildman–Crippen MR) is 105 cm³/mol. The van der Waals surface area contributed by atoms with Gasteiger partial charge in [-0.05, 0) is 37.1 Å². The SMILES string of the molecule is CON=C1C(=O)N(Cc2nc3ccccc3n2CCCCO)c2ncccc21. The van der Waals surface area contributed by atoms with Gasteiger partial charge in [0.1, 0.15) is 18.8 Å². The number of carbonyl (C=O) groups excluding carboxylic acids is 1. The van der Waals surface area contributed by atoms with Gasteiger partial charge in [0.25, 0.3) is 5.91 Å². The van der Waals surface area contributed by atoms with Crippen LogP contribution >= 0.6 is 0 Å². The van der Waals surface area contributed by atoms with Crippen LogP contribution in [0.2, 0.25) is 0 Å². The maximum atomic E-state index is 12.9. The van der Waals surface area contributed by atoms with Crippen LogP contribution in [0, 0.1) is 0 Å². The first-order valence-electron chi connectivity index (χ1n) is 9.18. The second kappa shape index (κ2) is 7.77. The van der Waals surface area contributed by atoms with Crippen molar-refractivity contribution >= 4 is 28.5 Å². The molecule has 0 spiro atoms. The normalized spacial score (nSPS) is 14.9. The average molecular weight is 379 g/mol. The number of unbranched alkanes of at least 4 members (excludes halogenated alkanes) is 1. The molecule has 0 radical (unpaired) electrons. The summed E-state index contributed by atoms with van der Waals surface area (Å²) in [6, 6.07) is 11.5. The topological polar surface area (TPSA) is 92.8 Å². The molecule has 0 saturated carbocycles. The molecule has 1 aromatic carbocycles. The fourth-order valence-electron chi connectivity index (χ4n) is 3.48. The van der Waals surface area contributed by atoms with E-state index in [0.29, 0.717) is 24.3 Å². The molecule has 2 aromatic heterocycles. The molecule has 1 N–H and O–H groups in total. The van der Waals surface area contributed by atoms with E-state index >= 15 is 0 Å². The maximum absolute atomic E-state index is 12.9. The quantitative estimate of drug-likeness (QED) is 0.501. The number of rotatable bonds is 7. The minimum absolute atomic E-state index is 0.153. The molecular formula is C20H21N5O3. The molecule has 1 aliphatic heterocycles. The van der Waals surface area contributed by atoms with Crippen LogP contribution in [-0.2, 0) is 22.7 Å². The van der Waals surface area contributed by atoms with Gasteiger partial charge in [-0.25, -0.2) is 9.97 Å². The molecule has 0 unspecified atom stereocenters. The molecule has 3 aromatic rings. The largest absolute Gasteiger partial charge is 0.398 e. The Morgan fingerprint density at radius 3 is 2.86 bits per heavy atom. The lowest BCUT2D eigenvalue weighted by Gasteiger charge is -2.16. The molecule has 1 aliphatic rings. The third-order valence-corrected chi connectivity index (χ3v) is 4.75. The Bertz CT molecular complexity index is 1040. The molecule has 8 nitrogen and oxygen atoms in total. The molecule has 0 fully saturated rings. The van der Waals surface area contributed by atoms with Gasteiger partial charge in [0.2, 0.25) is 0 Å². The molecular weight excluding hydrogens is 358 g/mol. The Kier molecular flexibility index (Phi) is 5.03. The Balaban J connectivity index is 1.73. The second-order valence-electron chi connectivity index (χ2n) is 6.49. The number of hydrogen-bond donors (Lipinski definition) is 1. The molecule has 28 heavy (non-hydrogen) atoms. The van der Waals surface area contributed by atoms with Crippen molar-refractivity contribution in [3.63, 3.8) is 0 Å². The summed E-state index contributed by atoms with van der Waals surface area (Å²) < 4.78 is 2.10. The monoisotopic (exact) mass is 379 g/mol. The standard InChI is InChI=1S/C20H21N5O3/c1-28-23-18-14-7-6-10-21-19(14)25(20(18)27)13-17-22-15-8-2-3-9-16(15)24(17)11-4-5-12-26/h2-3,6-10,26H,4-5,11-13H2,1H3. The minimum atomic E-state index is -0.260. The van der Waals surface area contributed by atoms with Gasteiger partial charge in [-0.3, -0.25) is 9.69 Å². The van der Waals surface area contributed by atoms with Crippen LogP contribution in [0.25, 0.3) is 11.0 Å². The number of imidazole rings is 1. The van der Waals surface area contributed by atoms with E-state index in [9.17, 15) is 4.79 Å². The number of benzene rings is 1. The number of pyridine rings is 1. The van der Waals surface area contributed by atoms with Crippen molar-refractivity contribution in [2.24, 2.45) is 5.16 Å². The Hall–Kier alpha value is -3.26. The zero-order valence-corrected chi connectivity index (χ0v) is 15.6. The lowest BCUT2D eigenvalue weighted by atomic mass is 10.2. The van der Waals surface area contributed by atoms with Crippen LogP contribution in [0.5, 0.6) is 0 Å². The van der Waals surface area contributed by atoms with E-state index in [4.69, 9.17) is 14.9 Å². The molecule has 4 rings (SSSR count). The van der Waals surface area contributed by atoms with Gasteiger partial charge in [-0.2, -0.15) is 0 Å². The van der Waals surface area contributed by atoms with Crippen LogP contribution in [0.15, 0.2) is 47.8 Å². The van der Waals surface area contributed by atoms with Crippen molar-refractivity contribution in [1.29, 1.82) is 0 Å². The number of aliphatic hydroxyl groups is 1. The summed E-state index contributed by atoms with van der Waals surface area (Å²) in [4.78, 5) is 28.5. The van der Waals surface area contributed by atoms with E-state index in [1.54, 1.807) is 17.2 Å². The number of oxime groups is 1. The van der Waals surface area contributed by atoms with Gasteiger partial charge < -0.3 is 14.5 Å². The predicted octanol–water partition coefficient (Wildman–Crippen LogP) is 2.10. The smallest absolute Gasteiger partial charge is 0.282 e. The number of amides is 1. The van der Waals surface area contributed by atoms with Crippen molar-refractivity contribution in [2.75, 3.05) is 18.6 Å². The lowest BCUT2D eigenvalue weighted by molar-refractivity contribution is -0.112. The van der Waals surface area contributed by atoms with Crippen molar-refractivity contribution in [1.82, 2.24) is 14.5 Å². The fraction of sp³-hybridized carbons (Fsp3) is 0.300. The van der Waals surface area contributed by atoms with Crippen LogP contribution in [0.1, 0.15) is 24.2 Å². The molecule has 0 aliphatic carbocycles. The first-order chi connectivity index (χ1) is 13.7. The van der Waals surface area contributed by atoms with Gasteiger partial charge in [0.15, 0.2) is 5.71 Å². The number of aliphatic hydroxyl groups excluding tert-OH is 1. The highest BCUT2D eigenvalue weighted by Crippen LogP contribution is 2.29. The first-order valence-corrected chi connectivity index (χ1v) is 9.18. The molecule has 1 amide bonds. The Labute approximate surface area is 162 Å². The van der Waals surface area contributed by atoms with Gasteiger partial charge >= 0.3 is 0 Å². The summed E-state index contributed by atoms with van der Waals surface area (Å²) in [6.45, 7) is 1.15. The van der Waals surface area contributed by atoms with Crippen LogP contribution in [0.3, 0.4) is 0 Å². The molecule has 8 heteroatoms. The zero-order valence-electron chi connectivity index (χ0n) is 15.6. The van der Waals surface area contributed by atoms with E-state index in [1.165, 1.54) is 7.11 Å². The number of carbonyl (C=O) groups is 1. The summed E-state index contributed by atoms with van der Waals surface area (Å²) >= 11 is 0. The first kappa shape index (κ1) is 18.1. The van der Waals surface area contributed by atoms with Gasteiger partial charge in [-0.15, -0.1) is 0 Å². The van der Waals surface area contributed by atoms with E-state index in [0.717, 1.165) is 23.3 Å². The molecule has 144 valence electrons. The third-order valence-electron chi connectivity index (χ3n) is 4.75. The summed E-state index contributed by atoms with van der Waals surface area (Å²) in [5, 5.41) is 13.0. The van der Waals surface area contributed by atoms with Crippen molar-refractivity contribution in [3.05, 3.63) is 54.0 Å². The summed E-state index contributed by atoms with van der Waals surface area (Å²) in [5.41, 5.74) is 2.78. The maximum Gasteiger partial charge on any atom is 0.282 e. The fourth-order valence-corrected chi connectivity index (χ4v) is 3.48. The van der Waals surface area contributed by atoms with Gasteiger partial charge in [0.05, 0.1) is 23.1 Å². The number of hydrogen-bond acceptors (Lipinski definition) is 6. The Morgan fingerprint density at radius 1 is 1.18 bits per heavy atom. The van der Waals surface area contributed by atoms with E-state index < -0.39 is 0 Å². The highest BCUT2D eigenvalue weighted by molar-refractivity contribution is 6.53. The van der Waals surface area contributed by atoms with E-state index in [-0.39, 0.29) is 24.8 Å². The zero-order chi connectivity index (χ0) is 19.5. The summed E-state index contributed by atoms with van der Waals surface area (Å²) in [5.74, 6) is 1.06. The molecule has 0 atom stereocenters. The summed E-state index contributed by atoms with van der Waals surface area (Å²) in [7, 11) is 1.42. The molecule has 0 saturated heterocycles. The van der Waals surface area contributed by atoms with Crippen LogP contribution in [0.4, 0.5) is 5.82 Å². The molecule has 0 bridgehead atoms. The number of anilines is 1. The van der Waals surface area contributed by atoms with E-state index in [1.807, 2.05) is 30.3 Å². The van der Waals surface area contributed by atoms with E-state index in [2.05, 4.69) is 14.7 Å². The second-order valence-corrected chi connectivity index (χ2v) is 6.49. The lowest BCUT2D eigenvalue weighted by Crippen LogP contribution is -2.31.